The SMILES string of the molecule is Nc1ncnc2c1ncn2[C@@H]1O[C@H](CSc2cc(Cl)cc(Cl)c2)[C@@H](O)[C@H]1O. The number of nitrogen functional groups attached to an aromatic ring is 1. The molecule has 1 aliphatic rings. The molecular formula is C16H15Cl2N5O3S. The molecule has 142 valence electrons. The topological polar surface area (TPSA) is 119 Å². The smallest absolute Gasteiger partial charge is 0.167 e. The highest BCUT2D eigenvalue weighted by atomic mass is 35.5. The van der Waals surface area contributed by atoms with E-state index in [9.17, 15) is 10.2 Å². The Morgan fingerprint density at radius 3 is 2.59 bits per heavy atom. The van der Waals surface area contributed by atoms with Crippen molar-refractivity contribution in [3.05, 3.63) is 40.9 Å². The summed E-state index contributed by atoms with van der Waals surface area (Å²) >= 11 is 13.4. The zero-order valence-electron chi connectivity index (χ0n) is 13.7. The number of nitrogens with zero attached hydrogens (tertiary/aromatic N) is 4. The molecule has 0 saturated carbocycles. The number of anilines is 1. The van der Waals surface area contributed by atoms with Crippen LogP contribution in [0.2, 0.25) is 10.0 Å². The minimum Gasteiger partial charge on any atom is -0.387 e. The summed E-state index contributed by atoms with van der Waals surface area (Å²) in [6.07, 6.45) is -0.898. The fourth-order valence-corrected chi connectivity index (χ4v) is 4.65. The zero-order valence-corrected chi connectivity index (χ0v) is 16.1. The Kier molecular flexibility index (Phi) is 5.15. The Morgan fingerprint density at radius 1 is 1.11 bits per heavy atom. The van der Waals surface area contributed by atoms with Gasteiger partial charge in [0, 0.05) is 20.7 Å². The van der Waals surface area contributed by atoms with Crippen LogP contribution in [0.15, 0.2) is 35.7 Å². The van der Waals surface area contributed by atoms with Gasteiger partial charge in [0.05, 0.1) is 12.4 Å². The molecule has 3 aromatic rings. The van der Waals surface area contributed by atoms with Crippen LogP contribution in [0.3, 0.4) is 0 Å². The van der Waals surface area contributed by atoms with Crippen LogP contribution >= 0.6 is 35.0 Å². The van der Waals surface area contributed by atoms with Gasteiger partial charge >= 0.3 is 0 Å². The summed E-state index contributed by atoms with van der Waals surface area (Å²) in [5.74, 6) is 0.631. The number of halogens is 2. The van der Waals surface area contributed by atoms with E-state index in [1.807, 2.05) is 0 Å². The van der Waals surface area contributed by atoms with Gasteiger partial charge in [-0.05, 0) is 18.2 Å². The average Bonchev–Trinajstić information content (AvgIpc) is 3.16. The van der Waals surface area contributed by atoms with E-state index >= 15 is 0 Å². The number of hydrogen-bond donors (Lipinski definition) is 3. The van der Waals surface area contributed by atoms with E-state index in [4.69, 9.17) is 33.7 Å². The predicted molar refractivity (Wildman–Crippen MR) is 103 cm³/mol. The molecule has 0 unspecified atom stereocenters. The molecule has 0 radical (unpaired) electrons. The summed E-state index contributed by atoms with van der Waals surface area (Å²) in [4.78, 5) is 13.0. The average molecular weight is 428 g/mol. The minimum atomic E-state index is -1.15. The first-order chi connectivity index (χ1) is 12.9. The van der Waals surface area contributed by atoms with E-state index in [0.717, 1.165) is 4.90 Å². The van der Waals surface area contributed by atoms with Crippen molar-refractivity contribution in [1.82, 2.24) is 19.5 Å². The molecule has 0 aliphatic carbocycles. The van der Waals surface area contributed by atoms with Gasteiger partial charge in [-0.3, -0.25) is 4.57 Å². The van der Waals surface area contributed by atoms with Gasteiger partial charge in [0.15, 0.2) is 17.7 Å². The molecule has 4 rings (SSSR count). The Balaban J connectivity index is 1.53. The highest BCUT2D eigenvalue weighted by molar-refractivity contribution is 7.99. The van der Waals surface area contributed by atoms with Gasteiger partial charge in [-0.25, -0.2) is 15.0 Å². The molecule has 0 amide bonds. The number of imidazole rings is 1. The second-order valence-electron chi connectivity index (χ2n) is 6.05. The molecule has 1 aliphatic heterocycles. The van der Waals surface area contributed by atoms with Crippen LogP contribution in [0.1, 0.15) is 6.23 Å². The number of hydrogen-bond acceptors (Lipinski definition) is 8. The molecule has 4 N–H and O–H groups in total. The Labute approximate surface area is 168 Å². The molecule has 1 saturated heterocycles. The van der Waals surface area contributed by atoms with Crippen molar-refractivity contribution in [2.24, 2.45) is 0 Å². The first-order valence-electron chi connectivity index (χ1n) is 7.97. The fraction of sp³-hybridized carbons (Fsp3) is 0.312. The van der Waals surface area contributed by atoms with Crippen LogP contribution in [0, 0.1) is 0 Å². The molecule has 11 heteroatoms. The van der Waals surface area contributed by atoms with Gasteiger partial charge in [0.2, 0.25) is 0 Å². The summed E-state index contributed by atoms with van der Waals surface area (Å²) in [6.45, 7) is 0. The number of aromatic nitrogens is 4. The van der Waals surface area contributed by atoms with Gasteiger partial charge in [0.1, 0.15) is 24.1 Å². The lowest BCUT2D eigenvalue weighted by molar-refractivity contribution is -0.0289. The van der Waals surface area contributed by atoms with Crippen LogP contribution < -0.4 is 5.73 Å². The first kappa shape index (κ1) is 18.7. The van der Waals surface area contributed by atoms with Gasteiger partial charge in [-0.1, -0.05) is 23.2 Å². The van der Waals surface area contributed by atoms with E-state index in [2.05, 4.69) is 15.0 Å². The summed E-state index contributed by atoms with van der Waals surface area (Å²) in [6, 6.07) is 5.19. The van der Waals surface area contributed by atoms with Gasteiger partial charge in [-0.15, -0.1) is 11.8 Å². The highest BCUT2D eigenvalue weighted by Crippen LogP contribution is 2.35. The number of nitrogens with two attached hydrogens (primary N) is 1. The molecule has 2 aromatic heterocycles. The summed E-state index contributed by atoms with van der Waals surface area (Å²) in [7, 11) is 0. The molecule has 3 heterocycles. The van der Waals surface area contributed by atoms with E-state index in [-0.39, 0.29) is 5.82 Å². The van der Waals surface area contributed by atoms with Crippen LogP contribution in [0.4, 0.5) is 5.82 Å². The van der Waals surface area contributed by atoms with Crippen molar-refractivity contribution in [3.63, 3.8) is 0 Å². The Morgan fingerprint density at radius 2 is 1.85 bits per heavy atom. The third-order valence-corrected chi connectivity index (χ3v) is 5.75. The molecule has 27 heavy (non-hydrogen) atoms. The number of benzene rings is 1. The molecule has 1 aromatic carbocycles. The van der Waals surface area contributed by atoms with Crippen molar-refractivity contribution < 1.29 is 14.9 Å². The molecular weight excluding hydrogens is 413 g/mol. The third-order valence-electron chi connectivity index (χ3n) is 4.25. The van der Waals surface area contributed by atoms with Gasteiger partial charge in [0.25, 0.3) is 0 Å². The monoisotopic (exact) mass is 427 g/mol. The van der Waals surface area contributed by atoms with E-state index in [1.54, 1.807) is 22.8 Å². The van der Waals surface area contributed by atoms with E-state index in [0.29, 0.717) is 27.0 Å². The second kappa shape index (κ2) is 7.42. The van der Waals surface area contributed by atoms with Crippen LogP contribution in [0.25, 0.3) is 11.2 Å². The number of thioether (sulfide) groups is 1. The van der Waals surface area contributed by atoms with Crippen molar-refractivity contribution in [2.75, 3.05) is 11.5 Å². The summed E-state index contributed by atoms with van der Waals surface area (Å²) in [5, 5.41) is 21.9. The Bertz CT molecular complexity index is 968. The maximum atomic E-state index is 10.5. The van der Waals surface area contributed by atoms with Crippen molar-refractivity contribution >= 4 is 51.9 Å². The van der Waals surface area contributed by atoms with Crippen LogP contribution in [-0.2, 0) is 4.74 Å². The second-order valence-corrected chi connectivity index (χ2v) is 8.01. The molecule has 8 nitrogen and oxygen atoms in total. The standard InChI is InChI=1S/C16H15Cl2N5O3S/c17-7-1-8(18)3-9(2-7)27-4-10-12(24)13(25)16(26-10)23-6-22-11-14(19)20-5-21-15(11)23/h1-3,5-6,10,12-13,16,24-25H,4H2,(H2,19,20,21)/t10-,12-,13-,16-/m1/s1. The maximum absolute atomic E-state index is 10.5. The highest BCUT2D eigenvalue weighted by Gasteiger charge is 2.44. The maximum Gasteiger partial charge on any atom is 0.167 e. The van der Waals surface area contributed by atoms with E-state index < -0.39 is 24.5 Å². The fourth-order valence-electron chi connectivity index (χ4n) is 2.94. The normalized spacial score (nSPS) is 25.3. The number of aliphatic hydroxyl groups excluding tert-OH is 2. The van der Waals surface area contributed by atoms with Crippen molar-refractivity contribution in [1.29, 1.82) is 0 Å². The van der Waals surface area contributed by atoms with Crippen molar-refractivity contribution in [2.45, 2.75) is 29.4 Å². The largest absolute Gasteiger partial charge is 0.387 e. The summed E-state index contributed by atoms with van der Waals surface area (Å²) in [5.41, 5.74) is 6.63. The lowest BCUT2D eigenvalue weighted by atomic mass is 10.1. The number of aliphatic hydroxyl groups is 2. The number of rotatable bonds is 4. The lowest BCUT2D eigenvalue weighted by Gasteiger charge is -2.16. The van der Waals surface area contributed by atoms with Crippen LogP contribution in [0.5, 0.6) is 0 Å². The number of ether oxygens (including phenoxy) is 1. The van der Waals surface area contributed by atoms with Crippen molar-refractivity contribution in [3.8, 4) is 0 Å². The minimum absolute atomic E-state index is 0.233. The van der Waals surface area contributed by atoms with Gasteiger partial charge < -0.3 is 20.7 Å². The molecule has 4 atom stereocenters. The lowest BCUT2D eigenvalue weighted by Crippen LogP contribution is -2.32. The third kappa shape index (κ3) is 3.58. The quantitative estimate of drug-likeness (QED) is 0.541. The molecule has 1 fully saturated rings. The Hall–Kier alpha value is -1.62. The first-order valence-corrected chi connectivity index (χ1v) is 9.71. The van der Waals surface area contributed by atoms with Gasteiger partial charge in [-0.2, -0.15) is 0 Å². The predicted octanol–water partition coefficient (Wildman–Crippen LogP) is 2.13. The number of fused-ring (bicyclic) bond motifs is 1. The molecule has 0 bridgehead atoms. The van der Waals surface area contributed by atoms with Crippen LogP contribution in [-0.4, -0.2) is 53.8 Å². The van der Waals surface area contributed by atoms with E-state index in [1.165, 1.54) is 24.4 Å². The molecule has 0 spiro atoms. The summed E-state index contributed by atoms with van der Waals surface area (Å²) < 4.78 is 7.44. The zero-order chi connectivity index (χ0) is 19.1.